The van der Waals surface area contributed by atoms with Gasteiger partial charge in [0.2, 0.25) is 0 Å². The average Bonchev–Trinajstić information content (AvgIpc) is 2.18. The Kier molecular flexibility index (Phi) is 2.70. The van der Waals surface area contributed by atoms with Gasteiger partial charge >= 0.3 is 0 Å². The van der Waals surface area contributed by atoms with E-state index in [1.807, 2.05) is 12.1 Å². The lowest BCUT2D eigenvalue weighted by Gasteiger charge is -2.25. The number of amides is 1. The fourth-order valence-electron chi connectivity index (χ4n) is 2.05. The van der Waals surface area contributed by atoms with E-state index in [4.69, 9.17) is 11.6 Å². The Morgan fingerprint density at radius 2 is 2.00 bits per heavy atom. The van der Waals surface area contributed by atoms with E-state index in [9.17, 15) is 4.79 Å². The van der Waals surface area contributed by atoms with Crippen LogP contribution in [0.5, 0.6) is 0 Å². The molecule has 0 spiro atoms. The first-order chi connectivity index (χ1) is 7.41. The van der Waals surface area contributed by atoms with Crippen LogP contribution in [0.25, 0.3) is 0 Å². The molecule has 16 heavy (non-hydrogen) atoms. The first kappa shape index (κ1) is 11.5. The van der Waals surface area contributed by atoms with E-state index < -0.39 is 0 Å². The van der Waals surface area contributed by atoms with Crippen LogP contribution < -0.4 is 5.32 Å². The molecule has 3 heteroatoms. The van der Waals surface area contributed by atoms with E-state index >= 15 is 0 Å². The Hall–Kier alpha value is -1.02. The molecule has 1 amide bonds. The molecule has 2 nitrogen and oxygen atoms in total. The molecule has 0 radical (unpaired) electrons. The van der Waals surface area contributed by atoms with Gasteiger partial charge in [0.15, 0.2) is 0 Å². The van der Waals surface area contributed by atoms with Gasteiger partial charge in [0.25, 0.3) is 5.91 Å². The molecule has 1 N–H and O–H groups in total. The minimum atomic E-state index is -0.0105. The summed E-state index contributed by atoms with van der Waals surface area (Å²) in [4.78, 5) is 11.6. The Morgan fingerprint density at radius 3 is 2.62 bits per heavy atom. The van der Waals surface area contributed by atoms with Gasteiger partial charge in [-0.15, -0.1) is 0 Å². The molecule has 1 aliphatic rings. The van der Waals surface area contributed by atoms with Gasteiger partial charge in [0.1, 0.15) is 0 Å². The summed E-state index contributed by atoms with van der Waals surface area (Å²) in [5, 5.41) is 3.59. The lowest BCUT2D eigenvalue weighted by molar-refractivity contribution is 0.0946. The molecule has 0 aliphatic carbocycles. The highest BCUT2D eigenvalue weighted by molar-refractivity contribution is 6.33. The zero-order chi connectivity index (χ0) is 11.9. The SMILES string of the molecule is CC(C)(C)c1ccc2c(c1Cl)CCNC2=O. The van der Waals surface area contributed by atoms with E-state index in [2.05, 4.69) is 26.1 Å². The average molecular weight is 238 g/mol. The monoisotopic (exact) mass is 237 g/mol. The van der Waals surface area contributed by atoms with Crippen LogP contribution in [0.3, 0.4) is 0 Å². The van der Waals surface area contributed by atoms with E-state index in [-0.39, 0.29) is 11.3 Å². The summed E-state index contributed by atoms with van der Waals surface area (Å²) in [6.45, 7) is 7.07. The number of hydrogen-bond acceptors (Lipinski definition) is 1. The van der Waals surface area contributed by atoms with Gasteiger partial charge in [-0.05, 0) is 29.0 Å². The zero-order valence-corrected chi connectivity index (χ0v) is 10.6. The van der Waals surface area contributed by atoms with Crippen molar-refractivity contribution in [1.82, 2.24) is 5.32 Å². The second kappa shape index (κ2) is 3.77. The second-order valence-electron chi connectivity index (χ2n) is 5.21. The molecule has 0 saturated carbocycles. The third-order valence-corrected chi connectivity index (χ3v) is 3.39. The van der Waals surface area contributed by atoms with Crippen LogP contribution >= 0.6 is 11.6 Å². The molecule has 0 atom stereocenters. The first-order valence-corrected chi connectivity index (χ1v) is 5.89. The molecule has 0 fully saturated rings. The van der Waals surface area contributed by atoms with Crippen LogP contribution in [-0.4, -0.2) is 12.5 Å². The minimum Gasteiger partial charge on any atom is -0.352 e. The predicted octanol–water partition coefficient (Wildman–Crippen LogP) is 2.92. The summed E-state index contributed by atoms with van der Waals surface area (Å²) in [7, 11) is 0. The molecule has 0 aromatic heterocycles. The zero-order valence-electron chi connectivity index (χ0n) is 9.86. The van der Waals surface area contributed by atoms with Gasteiger partial charge < -0.3 is 5.32 Å². The topological polar surface area (TPSA) is 29.1 Å². The highest BCUT2D eigenvalue weighted by Crippen LogP contribution is 2.34. The Morgan fingerprint density at radius 1 is 1.31 bits per heavy atom. The number of rotatable bonds is 0. The highest BCUT2D eigenvalue weighted by Gasteiger charge is 2.25. The normalized spacial score (nSPS) is 15.6. The first-order valence-electron chi connectivity index (χ1n) is 5.51. The summed E-state index contributed by atoms with van der Waals surface area (Å²) in [5.74, 6) is -0.0105. The van der Waals surface area contributed by atoms with Crippen LogP contribution in [0, 0.1) is 0 Å². The van der Waals surface area contributed by atoms with Crippen molar-refractivity contribution in [2.75, 3.05) is 6.54 Å². The van der Waals surface area contributed by atoms with Crippen LogP contribution in [-0.2, 0) is 11.8 Å². The van der Waals surface area contributed by atoms with Crippen molar-refractivity contribution in [3.8, 4) is 0 Å². The van der Waals surface area contributed by atoms with Gasteiger partial charge in [0.05, 0.1) is 0 Å². The standard InChI is InChI=1S/C13H16ClNO/c1-13(2,3)10-5-4-9-8(11(10)14)6-7-15-12(9)16/h4-5H,6-7H2,1-3H3,(H,15,16). The number of carbonyl (C=O) groups is 1. The summed E-state index contributed by atoms with van der Waals surface area (Å²) in [6, 6.07) is 3.85. The van der Waals surface area contributed by atoms with Gasteiger partial charge in [-0.3, -0.25) is 4.79 Å². The van der Waals surface area contributed by atoms with Crippen molar-refractivity contribution in [1.29, 1.82) is 0 Å². The van der Waals surface area contributed by atoms with E-state index in [0.717, 1.165) is 28.1 Å². The molecule has 1 aromatic rings. The van der Waals surface area contributed by atoms with Gasteiger partial charge in [0, 0.05) is 17.1 Å². The van der Waals surface area contributed by atoms with Crippen molar-refractivity contribution in [3.05, 3.63) is 33.8 Å². The molecule has 1 aliphatic heterocycles. The second-order valence-corrected chi connectivity index (χ2v) is 5.59. The summed E-state index contributed by atoms with van der Waals surface area (Å²) < 4.78 is 0. The molecule has 86 valence electrons. The molecule has 2 rings (SSSR count). The van der Waals surface area contributed by atoms with Crippen LogP contribution in [0.2, 0.25) is 5.02 Å². The lowest BCUT2D eigenvalue weighted by Crippen LogP contribution is -2.32. The smallest absolute Gasteiger partial charge is 0.251 e. The fraction of sp³-hybridized carbons (Fsp3) is 0.462. The summed E-state index contributed by atoms with van der Waals surface area (Å²) in [5.41, 5.74) is 2.85. The van der Waals surface area contributed by atoms with E-state index in [0.29, 0.717) is 6.54 Å². The quantitative estimate of drug-likeness (QED) is 0.739. The number of fused-ring (bicyclic) bond motifs is 1. The molecular formula is C13H16ClNO. The maximum absolute atomic E-state index is 11.6. The summed E-state index contributed by atoms with van der Waals surface area (Å²) in [6.07, 6.45) is 0.823. The third kappa shape index (κ3) is 1.82. The minimum absolute atomic E-state index is 0.0105. The van der Waals surface area contributed by atoms with E-state index in [1.54, 1.807) is 0 Å². The molecule has 0 bridgehead atoms. The van der Waals surface area contributed by atoms with Gasteiger partial charge in [-0.1, -0.05) is 38.4 Å². The fourth-order valence-corrected chi connectivity index (χ4v) is 2.60. The van der Waals surface area contributed by atoms with Crippen molar-refractivity contribution in [2.45, 2.75) is 32.6 Å². The summed E-state index contributed by atoms with van der Waals surface area (Å²) >= 11 is 6.40. The Labute approximate surface area is 101 Å². The number of nitrogens with one attached hydrogen (secondary N) is 1. The lowest BCUT2D eigenvalue weighted by atomic mass is 9.84. The third-order valence-electron chi connectivity index (χ3n) is 2.96. The number of carbonyl (C=O) groups excluding carboxylic acids is 1. The molecular weight excluding hydrogens is 222 g/mol. The van der Waals surface area contributed by atoms with Crippen molar-refractivity contribution in [3.63, 3.8) is 0 Å². The predicted molar refractivity (Wildman–Crippen MR) is 66.2 cm³/mol. The highest BCUT2D eigenvalue weighted by atomic mass is 35.5. The van der Waals surface area contributed by atoms with Crippen LogP contribution in [0.4, 0.5) is 0 Å². The molecule has 0 unspecified atom stereocenters. The van der Waals surface area contributed by atoms with Crippen LogP contribution in [0.15, 0.2) is 12.1 Å². The number of halogens is 1. The number of benzene rings is 1. The van der Waals surface area contributed by atoms with Crippen molar-refractivity contribution < 1.29 is 4.79 Å². The van der Waals surface area contributed by atoms with Crippen LogP contribution in [0.1, 0.15) is 42.3 Å². The molecule has 1 aromatic carbocycles. The van der Waals surface area contributed by atoms with Crippen molar-refractivity contribution >= 4 is 17.5 Å². The Bertz CT molecular complexity index is 446. The number of hydrogen-bond donors (Lipinski definition) is 1. The van der Waals surface area contributed by atoms with E-state index in [1.165, 1.54) is 0 Å². The maximum atomic E-state index is 11.6. The molecule has 0 saturated heterocycles. The maximum Gasteiger partial charge on any atom is 0.251 e. The van der Waals surface area contributed by atoms with Gasteiger partial charge in [-0.2, -0.15) is 0 Å². The van der Waals surface area contributed by atoms with Crippen molar-refractivity contribution in [2.24, 2.45) is 0 Å². The van der Waals surface area contributed by atoms with Gasteiger partial charge in [-0.25, -0.2) is 0 Å². The Balaban J connectivity index is 2.60. The largest absolute Gasteiger partial charge is 0.352 e. The molecule has 1 heterocycles.